The molecule has 0 aromatic heterocycles. The molecule has 0 aliphatic carbocycles. The van der Waals surface area contributed by atoms with Gasteiger partial charge < -0.3 is 5.11 Å². The van der Waals surface area contributed by atoms with Crippen molar-refractivity contribution < 1.29 is 18.3 Å². The Morgan fingerprint density at radius 1 is 1.35 bits per heavy atom. The maximum Gasteiger partial charge on any atom is 0.335 e. The summed E-state index contributed by atoms with van der Waals surface area (Å²) >= 11 is 0. The summed E-state index contributed by atoms with van der Waals surface area (Å²) in [6.07, 6.45) is 0.809. The fourth-order valence-corrected chi connectivity index (χ4v) is 4.41. The van der Waals surface area contributed by atoms with E-state index in [0.29, 0.717) is 18.7 Å². The number of aromatic carboxylic acids is 1. The van der Waals surface area contributed by atoms with E-state index in [1.807, 2.05) is 13.8 Å². The third kappa shape index (κ3) is 2.58. The van der Waals surface area contributed by atoms with Gasteiger partial charge in [-0.1, -0.05) is 19.9 Å². The van der Waals surface area contributed by atoms with Gasteiger partial charge >= 0.3 is 5.97 Å². The average molecular weight is 297 g/mol. The minimum absolute atomic E-state index is 0.0320. The molecule has 6 heteroatoms. The number of carboxylic acids is 1. The Morgan fingerprint density at radius 2 is 2.00 bits per heavy atom. The maximum atomic E-state index is 12.7. The van der Waals surface area contributed by atoms with Gasteiger partial charge in [-0.15, -0.1) is 0 Å². The monoisotopic (exact) mass is 297 g/mol. The molecule has 1 fully saturated rings. The second-order valence-corrected chi connectivity index (χ2v) is 7.89. The van der Waals surface area contributed by atoms with Crippen LogP contribution >= 0.6 is 0 Å². The summed E-state index contributed by atoms with van der Waals surface area (Å²) in [7, 11) is -3.63. The van der Waals surface area contributed by atoms with Crippen LogP contribution in [0.15, 0.2) is 23.1 Å². The van der Waals surface area contributed by atoms with Crippen molar-refractivity contribution in [2.45, 2.75) is 32.1 Å². The molecule has 1 aromatic carbocycles. The molecule has 0 saturated carbocycles. The van der Waals surface area contributed by atoms with Crippen molar-refractivity contribution in [3.05, 3.63) is 29.3 Å². The fourth-order valence-electron chi connectivity index (χ4n) is 2.53. The van der Waals surface area contributed by atoms with Crippen LogP contribution in [0, 0.1) is 12.3 Å². The highest BCUT2D eigenvalue weighted by Crippen LogP contribution is 2.33. The molecule has 0 spiro atoms. The Bertz CT molecular complexity index is 649. The van der Waals surface area contributed by atoms with E-state index in [0.717, 1.165) is 6.42 Å². The van der Waals surface area contributed by atoms with E-state index in [4.69, 9.17) is 5.11 Å². The van der Waals surface area contributed by atoms with Crippen LogP contribution < -0.4 is 0 Å². The summed E-state index contributed by atoms with van der Waals surface area (Å²) in [5, 5.41) is 9.10. The molecule has 1 saturated heterocycles. The highest BCUT2D eigenvalue weighted by molar-refractivity contribution is 7.89. The number of carboxylic acid groups (broad SMARTS) is 1. The number of sulfonamides is 1. The SMILES string of the molecule is Cc1c(C(=O)O)cccc1S(=O)(=O)N1CCC(C)(C)C1. The van der Waals surface area contributed by atoms with Crippen molar-refractivity contribution in [2.75, 3.05) is 13.1 Å². The molecular formula is C14H19NO4S. The van der Waals surface area contributed by atoms with Gasteiger partial charge in [-0.2, -0.15) is 4.31 Å². The van der Waals surface area contributed by atoms with Crippen LogP contribution in [0.4, 0.5) is 0 Å². The smallest absolute Gasteiger partial charge is 0.335 e. The van der Waals surface area contributed by atoms with E-state index in [-0.39, 0.29) is 15.9 Å². The number of carbonyl (C=O) groups is 1. The molecule has 5 nitrogen and oxygen atoms in total. The van der Waals surface area contributed by atoms with Crippen molar-refractivity contribution in [1.82, 2.24) is 4.31 Å². The fraction of sp³-hybridized carbons (Fsp3) is 0.500. The predicted octanol–water partition coefficient (Wildman–Crippen LogP) is 2.11. The summed E-state index contributed by atoms with van der Waals surface area (Å²) in [6.45, 7) is 6.54. The van der Waals surface area contributed by atoms with Crippen LogP contribution in [-0.4, -0.2) is 36.9 Å². The summed E-state index contributed by atoms with van der Waals surface area (Å²) in [6, 6.07) is 4.37. The zero-order chi connectivity index (χ0) is 15.1. The lowest BCUT2D eigenvalue weighted by molar-refractivity contribution is 0.0696. The van der Waals surface area contributed by atoms with Crippen molar-refractivity contribution >= 4 is 16.0 Å². The summed E-state index contributed by atoms with van der Waals surface area (Å²) in [5.41, 5.74) is 0.292. The van der Waals surface area contributed by atoms with Gasteiger partial charge in [0.05, 0.1) is 10.5 Å². The van der Waals surface area contributed by atoms with Gasteiger partial charge in [0.1, 0.15) is 0 Å². The predicted molar refractivity (Wildman–Crippen MR) is 75.3 cm³/mol. The second-order valence-electron chi connectivity index (χ2n) is 5.99. The minimum Gasteiger partial charge on any atom is -0.478 e. The van der Waals surface area contributed by atoms with E-state index in [9.17, 15) is 13.2 Å². The molecule has 1 aromatic rings. The number of nitrogens with zero attached hydrogens (tertiary/aromatic N) is 1. The Labute approximate surface area is 119 Å². The number of hydrogen-bond acceptors (Lipinski definition) is 3. The van der Waals surface area contributed by atoms with Gasteiger partial charge in [0.25, 0.3) is 0 Å². The van der Waals surface area contributed by atoms with Crippen LogP contribution in [0.1, 0.15) is 36.2 Å². The molecule has 0 atom stereocenters. The van der Waals surface area contributed by atoms with Crippen LogP contribution in [-0.2, 0) is 10.0 Å². The topological polar surface area (TPSA) is 74.7 Å². The standard InChI is InChI=1S/C14H19NO4S/c1-10-11(13(16)17)5-4-6-12(10)20(18,19)15-8-7-14(2,3)9-15/h4-6H,7-9H2,1-3H3,(H,16,17). The third-order valence-corrected chi connectivity index (χ3v) is 5.76. The van der Waals surface area contributed by atoms with Gasteiger partial charge in [0.2, 0.25) is 10.0 Å². The molecule has 2 rings (SSSR count). The number of hydrogen-bond donors (Lipinski definition) is 1. The van der Waals surface area contributed by atoms with Crippen molar-refractivity contribution in [3.8, 4) is 0 Å². The quantitative estimate of drug-likeness (QED) is 0.927. The average Bonchev–Trinajstić information content (AvgIpc) is 2.70. The molecule has 1 heterocycles. The Balaban J connectivity index is 2.46. The van der Waals surface area contributed by atoms with Crippen molar-refractivity contribution in [1.29, 1.82) is 0 Å². The summed E-state index contributed by atoms with van der Waals surface area (Å²) < 4.78 is 26.7. The van der Waals surface area contributed by atoms with Crippen LogP contribution in [0.2, 0.25) is 0 Å². The highest BCUT2D eigenvalue weighted by Gasteiger charge is 2.37. The van der Waals surface area contributed by atoms with Gasteiger partial charge in [0, 0.05) is 13.1 Å². The minimum atomic E-state index is -3.63. The molecule has 0 unspecified atom stereocenters. The molecule has 20 heavy (non-hydrogen) atoms. The van der Waals surface area contributed by atoms with Gasteiger partial charge in [-0.25, -0.2) is 13.2 Å². The largest absolute Gasteiger partial charge is 0.478 e. The van der Waals surface area contributed by atoms with Gasteiger partial charge in [0.15, 0.2) is 0 Å². The van der Waals surface area contributed by atoms with Crippen molar-refractivity contribution in [3.63, 3.8) is 0 Å². The zero-order valence-corrected chi connectivity index (χ0v) is 12.7. The first-order valence-corrected chi connectivity index (χ1v) is 7.92. The lowest BCUT2D eigenvalue weighted by Gasteiger charge is -2.21. The first-order chi connectivity index (χ1) is 9.15. The molecular weight excluding hydrogens is 278 g/mol. The number of benzene rings is 1. The Hall–Kier alpha value is -1.40. The van der Waals surface area contributed by atoms with E-state index < -0.39 is 16.0 Å². The maximum absolute atomic E-state index is 12.7. The summed E-state index contributed by atoms with van der Waals surface area (Å²) in [5.74, 6) is -1.11. The van der Waals surface area contributed by atoms with E-state index in [1.54, 1.807) is 0 Å². The molecule has 0 amide bonds. The first kappa shape index (κ1) is 15.0. The second kappa shape index (κ2) is 4.86. The molecule has 1 N–H and O–H groups in total. The molecule has 0 bridgehead atoms. The van der Waals surface area contributed by atoms with Crippen LogP contribution in [0.3, 0.4) is 0 Å². The summed E-state index contributed by atoms with van der Waals surface area (Å²) in [4.78, 5) is 11.2. The van der Waals surface area contributed by atoms with E-state index in [2.05, 4.69) is 0 Å². The van der Waals surface area contributed by atoms with E-state index in [1.165, 1.54) is 29.4 Å². The molecule has 1 aliphatic rings. The third-order valence-electron chi connectivity index (χ3n) is 3.77. The lowest BCUT2D eigenvalue weighted by atomic mass is 9.93. The Kier molecular flexibility index (Phi) is 3.64. The Morgan fingerprint density at radius 3 is 2.50 bits per heavy atom. The molecule has 1 aliphatic heterocycles. The zero-order valence-electron chi connectivity index (χ0n) is 11.9. The number of rotatable bonds is 3. The first-order valence-electron chi connectivity index (χ1n) is 6.48. The lowest BCUT2D eigenvalue weighted by Crippen LogP contribution is -2.31. The molecule has 110 valence electrons. The van der Waals surface area contributed by atoms with Crippen LogP contribution in [0.5, 0.6) is 0 Å². The van der Waals surface area contributed by atoms with Crippen molar-refractivity contribution in [2.24, 2.45) is 5.41 Å². The van der Waals surface area contributed by atoms with E-state index >= 15 is 0 Å². The van der Waals surface area contributed by atoms with Crippen LogP contribution in [0.25, 0.3) is 0 Å². The van der Waals surface area contributed by atoms with Gasteiger partial charge in [-0.05, 0) is 36.5 Å². The normalized spacial score (nSPS) is 19.1. The highest BCUT2D eigenvalue weighted by atomic mass is 32.2. The molecule has 0 radical (unpaired) electrons. The van der Waals surface area contributed by atoms with Gasteiger partial charge in [-0.3, -0.25) is 0 Å².